The normalized spacial score (nSPS) is 20.1. The van der Waals surface area contributed by atoms with E-state index in [0.29, 0.717) is 18.6 Å². The summed E-state index contributed by atoms with van der Waals surface area (Å²) < 4.78 is 5.46. The van der Waals surface area contributed by atoms with Crippen molar-refractivity contribution in [2.45, 2.75) is 45.3 Å². The molecule has 106 valence electrons. The minimum Gasteiger partial charge on any atom is -0.380 e. The zero-order valence-corrected chi connectivity index (χ0v) is 12.1. The molecular weight excluding hydrogens is 240 g/mol. The number of nitrogens with two attached hydrogens (primary N) is 1. The first-order valence-corrected chi connectivity index (χ1v) is 6.99. The molecule has 0 aliphatic carbocycles. The number of anilines is 1. The second-order valence-electron chi connectivity index (χ2n) is 5.36. The molecule has 0 spiro atoms. The zero-order chi connectivity index (χ0) is 13.8. The minimum absolute atomic E-state index is 0.296. The summed E-state index contributed by atoms with van der Waals surface area (Å²) in [6, 6.07) is 0. The quantitative estimate of drug-likeness (QED) is 0.896. The smallest absolute Gasteiger partial charge is 0.131 e. The lowest BCUT2D eigenvalue weighted by Gasteiger charge is -2.34. The Morgan fingerprint density at radius 2 is 2.32 bits per heavy atom. The summed E-state index contributed by atoms with van der Waals surface area (Å²) in [5.74, 6) is 1.19. The van der Waals surface area contributed by atoms with Crippen LogP contribution < -0.4 is 10.6 Å². The lowest BCUT2D eigenvalue weighted by atomic mass is 10.1. The average molecular weight is 264 g/mol. The third kappa shape index (κ3) is 3.22. The van der Waals surface area contributed by atoms with Crippen molar-refractivity contribution in [2.75, 3.05) is 25.1 Å². The van der Waals surface area contributed by atoms with Gasteiger partial charge in [-0.2, -0.15) is 0 Å². The van der Waals surface area contributed by atoms with Crippen molar-refractivity contribution in [2.24, 2.45) is 5.73 Å². The summed E-state index contributed by atoms with van der Waals surface area (Å²) in [5.41, 5.74) is 7.85. The maximum absolute atomic E-state index is 5.85. The third-order valence-electron chi connectivity index (χ3n) is 3.63. The second-order valence-corrected chi connectivity index (χ2v) is 5.36. The molecule has 2 heterocycles. The van der Waals surface area contributed by atoms with Crippen LogP contribution in [0.15, 0.2) is 6.20 Å². The Kier molecular flexibility index (Phi) is 4.71. The van der Waals surface area contributed by atoms with Gasteiger partial charge < -0.3 is 15.4 Å². The summed E-state index contributed by atoms with van der Waals surface area (Å²) in [7, 11) is 1.77. The Bertz CT molecular complexity index is 422. The van der Waals surface area contributed by atoms with Crippen LogP contribution in [0.4, 0.5) is 5.69 Å². The largest absolute Gasteiger partial charge is 0.380 e. The van der Waals surface area contributed by atoms with Crippen LogP contribution in [-0.4, -0.2) is 36.3 Å². The van der Waals surface area contributed by atoms with Crippen LogP contribution in [0.25, 0.3) is 0 Å². The van der Waals surface area contributed by atoms with Gasteiger partial charge in [-0.15, -0.1) is 0 Å². The molecule has 0 bridgehead atoms. The molecule has 1 aliphatic heterocycles. The fraction of sp³-hybridized carbons (Fsp3) is 0.714. The molecule has 0 saturated carbocycles. The summed E-state index contributed by atoms with van der Waals surface area (Å²) in [6.45, 7) is 6.56. The van der Waals surface area contributed by atoms with Gasteiger partial charge in [0, 0.05) is 32.7 Å². The number of hydrogen-bond donors (Lipinski definition) is 1. The molecule has 0 aromatic carbocycles. The zero-order valence-electron chi connectivity index (χ0n) is 12.1. The van der Waals surface area contributed by atoms with Gasteiger partial charge in [0.05, 0.1) is 23.7 Å². The van der Waals surface area contributed by atoms with Crippen molar-refractivity contribution in [1.29, 1.82) is 0 Å². The number of aromatic nitrogens is 2. The number of piperidine rings is 1. The lowest BCUT2D eigenvalue weighted by molar-refractivity contribution is 0.0892. The monoisotopic (exact) mass is 264 g/mol. The first kappa shape index (κ1) is 14.2. The molecule has 1 unspecified atom stereocenters. The summed E-state index contributed by atoms with van der Waals surface area (Å²) >= 11 is 0. The number of ether oxygens (including phenoxy) is 1. The Balaban J connectivity index is 2.23. The van der Waals surface area contributed by atoms with Crippen LogP contribution in [0.2, 0.25) is 0 Å². The highest BCUT2D eigenvalue weighted by Gasteiger charge is 2.22. The standard InChI is InChI=1S/C14H24N4O/c1-10(2)14-16-8-13(12(7-15)17-14)18-6-4-5-11(9-18)19-3/h8,10-11H,4-7,9,15H2,1-3H3. The van der Waals surface area contributed by atoms with Gasteiger partial charge >= 0.3 is 0 Å². The average Bonchev–Trinajstić information content (AvgIpc) is 2.46. The van der Waals surface area contributed by atoms with Crippen molar-refractivity contribution in [3.05, 3.63) is 17.7 Å². The van der Waals surface area contributed by atoms with Crippen molar-refractivity contribution in [3.63, 3.8) is 0 Å². The molecule has 5 heteroatoms. The van der Waals surface area contributed by atoms with Crippen molar-refractivity contribution in [3.8, 4) is 0 Å². The fourth-order valence-corrected chi connectivity index (χ4v) is 2.47. The highest BCUT2D eigenvalue weighted by Crippen LogP contribution is 2.24. The fourth-order valence-electron chi connectivity index (χ4n) is 2.47. The van der Waals surface area contributed by atoms with Crippen molar-refractivity contribution < 1.29 is 4.74 Å². The molecule has 2 rings (SSSR count). The Morgan fingerprint density at radius 1 is 1.53 bits per heavy atom. The first-order valence-electron chi connectivity index (χ1n) is 6.99. The Labute approximate surface area is 115 Å². The molecule has 1 aliphatic rings. The Morgan fingerprint density at radius 3 is 2.95 bits per heavy atom. The predicted molar refractivity (Wildman–Crippen MR) is 76.3 cm³/mol. The second kappa shape index (κ2) is 6.30. The summed E-state index contributed by atoms with van der Waals surface area (Å²) in [4.78, 5) is 11.4. The molecule has 1 saturated heterocycles. The first-order chi connectivity index (χ1) is 9.15. The van der Waals surface area contributed by atoms with E-state index >= 15 is 0 Å². The predicted octanol–water partition coefficient (Wildman–Crippen LogP) is 1.67. The minimum atomic E-state index is 0.296. The third-order valence-corrected chi connectivity index (χ3v) is 3.63. The van der Waals surface area contributed by atoms with Crippen LogP contribution in [0, 0.1) is 0 Å². The molecule has 19 heavy (non-hydrogen) atoms. The molecular formula is C14H24N4O. The van der Waals surface area contributed by atoms with Crippen LogP contribution in [0.1, 0.15) is 44.1 Å². The van der Waals surface area contributed by atoms with Crippen molar-refractivity contribution >= 4 is 5.69 Å². The van der Waals surface area contributed by atoms with E-state index in [9.17, 15) is 0 Å². The van der Waals surface area contributed by atoms with Gasteiger partial charge in [-0.1, -0.05) is 13.8 Å². The molecule has 1 aromatic heterocycles. The Hall–Kier alpha value is -1.20. The number of rotatable bonds is 4. The van der Waals surface area contributed by atoms with E-state index in [4.69, 9.17) is 10.5 Å². The summed E-state index contributed by atoms with van der Waals surface area (Å²) in [6.07, 6.45) is 4.47. The van der Waals surface area contributed by atoms with E-state index in [1.165, 1.54) is 0 Å². The van der Waals surface area contributed by atoms with Gasteiger partial charge in [0.25, 0.3) is 0 Å². The summed E-state index contributed by atoms with van der Waals surface area (Å²) in [5, 5.41) is 0. The van der Waals surface area contributed by atoms with Gasteiger partial charge in [-0.3, -0.25) is 0 Å². The highest BCUT2D eigenvalue weighted by atomic mass is 16.5. The van der Waals surface area contributed by atoms with Gasteiger partial charge in [0.1, 0.15) is 5.82 Å². The SMILES string of the molecule is COC1CCCN(c2cnc(C(C)C)nc2CN)C1. The van der Waals surface area contributed by atoms with E-state index in [1.807, 2.05) is 6.20 Å². The molecule has 5 nitrogen and oxygen atoms in total. The maximum atomic E-state index is 5.85. The maximum Gasteiger partial charge on any atom is 0.131 e. The van der Waals surface area contributed by atoms with E-state index < -0.39 is 0 Å². The van der Waals surface area contributed by atoms with Gasteiger partial charge in [-0.25, -0.2) is 9.97 Å². The van der Waals surface area contributed by atoms with Crippen LogP contribution >= 0.6 is 0 Å². The molecule has 0 amide bonds. The topological polar surface area (TPSA) is 64.3 Å². The lowest BCUT2D eigenvalue weighted by Crippen LogP contribution is -2.40. The number of nitrogens with zero attached hydrogens (tertiary/aromatic N) is 3. The van der Waals surface area contributed by atoms with Gasteiger partial charge in [-0.05, 0) is 12.8 Å². The highest BCUT2D eigenvalue weighted by molar-refractivity contribution is 5.49. The van der Waals surface area contributed by atoms with E-state index in [1.54, 1.807) is 7.11 Å². The van der Waals surface area contributed by atoms with Gasteiger partial charge in [0.15, 0.2) is 0 Å². The molecule has 1 aromatic rings. The van der Waals surface area contributed by atoms with E-state index in [0.717, 1.165) is 43.1 Å². The molecule has 0 radical (unpaired) electrons. The van der Waals surface area contributed by atoms with E-state index in [2.05, 4.69) is 28.7 Å². The molecule has 1 fully saturated rings. The van der Waals surface area contributed by atoms with Crippen LogP contribution in [0.3, 0.4) is 0 Å². The van der Waals surface area contributed by atoms with Crippen LogP contribution in [0.5, 0.6) is 0 Å². The molecule has 1 atom stereocenters. The van der Waals surface area contributed by atoms with Crippen LogP contribution in [-0.2, 0) is 11.3 Å². The van der Waals surface area contributed by atoms with Crippen molar-refractivity contribution in [1.82, 2.24) is 9.97 Å². The number of hydrogen-bond acceptors (Lipinski definition) is 5. The van der Waals surface area contributed by atoms with E-state index in [-0.39, 0.29) is 0 Å². The molecule has 2 N–H and O–H groups in total. The number of methoxy groups -OCH3 is 1. The van der Waals surface area contributed by atoms with Gasteiger partial charge in [0.2, 0.25) is 0 Å².